The summed E-state index contributed by atoms with van der Waals surface area (Å²) in [5.74, 6) is 0.310. The molecule has 7 nitrogen and oxygen atoms in total. The second-order valence-corrected chi connectivity index (χ2v) is 8.97. The molecular weight excluding hydrogens is 421 g/mol. The van der Waals surface area contributed by atoms with Crippen molar-refractivity contribution in [3.8, 4) is 0 Å². The summed E-state index contributed by atoms with van der Waals surface area (Å²) in [6, 6.07) is 5.85. The van der Waals surface area contributed by atoms with Gasteiger partial charge in [-0.15, -0.1) is 0 Å². The smallest absolute Gasteiger partial charge is 0.394 e. The lowest BCUT2D eigenvalue weighted by atomic mass is 9.93. The zero-order valence-electron chi connectivity index (χ0n) is 17.9. The molecule has 2 saturated carbocycles. The molecule has 5 rings (SSSR count). The van der Waals surface area contributed by atoms with E-state index in [2.05, 4.69) is 15.1 Å². The highest BCUT2D eigenvalue weighted by Crippen LogP contribution is 2.91. The molecule has 3 aromatic heterocycles. The summed E-state index contributed by atoms with van der Waals surface area (Å²) >= 11 is 0. The fourth-order valence-corrected chi connectivity index (χ4v) is 5.03. The summed E-state index contributed by atoms with van der Waals surface area (Å²) in [4.78, 5) is 8.94. The highest BCUT2D eigenvalue weighted by atomic mass is 19.4. The molecule has 3 heterocycles. The molecule has 0 bridgehead atoms. The highest BCUT2D eigenvalue weighted by molar-refractivity contribution is 5.68. The highest BCUT2D eigenvalue weighted by Gasteiger charge is 2.94. The maximum absolute atomic E-state index is 13.5. The maximum atomic E-state index is 13.5. The van der Waals surface area contributed by atoms with Crippen LogP contribution in [0.4, 0.5) is 24.7 Å². The average molecular weight is 446 g/mol. The Morgan fingerprint density at radius 1 is 1.22 bits per heavy atom. The quantitative estimate of drug-likeness (QED) is 0.565. The Morgan fingerprint density at radius 2 is 1.97 bits per heavy atom. The van der Waals surface area contributed by atoms with E-state index in [-0.39, 0.29) is 42.1 Å². The van der Waals surface area contributed by atoms with E-state index in [0.717, 1.165) is 11.1 Å². The first-order valence-corrected chi connectivity index (χ1v) is 10.6. The van der Waals surface area contributed by atoms with Gasteiger partial charge in [-0.1, -0.05) is 6.92 Å². The minimum atomic E-state index is -4.27. The summed E-state index contributed by atoms with van der Waals surface area (Å²) in [5, 5.41) is 4.20. The number of fused-ring (bicyclic) bond motifs is 2. The number of rotatable bonds is 7. The summed E-state index contributed by atoms with van der Waals surface area (Å²) < 4.78 is 48.1. The molecule has 2 fully saturated rings. The molecule has 2 aliphatic rings. The standard InChI is InChI=1S/C22H25F3N6O/c1-3-12(9-15(32-2)13-5-7-31-14(8-13)4-6-28-31)19-29-17(16(26)18(27)30-19)20-10-21(20,11-20)22(23,24)25/h4-8,12,15H,3,9-11,26H2,1-2H3,(H2,27,29,30). The first-order valence-electron chi connectivity index (χ1n) is 10.6. The van der Waals surface area contributed by atoms with Gasteiger partial charge in [0.05, 0.1) is 28.4 Å². The number of nitrogens with zero attached hydrogens (tertiary/aromatic N) is 4. The molecule has 2 unspecified atom stereocenters. The fourth-order valence-electron chi connectivity index (χ4n) is 5.03. The summed E-state index contributed by atoms with van der Waals surface area (Å²) in [5.41, 5.74) is 11.6. The number of anilines is 2. The van der Waals surface area contributed by atoms with Crippen molar-refractivity contribution in [1.82, 2.24) is 19.6 Å². The first-order chi connectivity index (χ1) is 15.2. The maximum Gasteiger partial charge on any atom is 0.395 e. The average Bonchev–Trinajstić information content (AvgIpc) is 3.52. The van der Waals surface area contributed by atoms with Crippen LogP contribution in [0.3, 0.4) is 0 Å². The topological polar surface area (TPSA) is 104 Å². The number of nitrogen functional groups attached to an aromatic ring is 2. The molecule has 0 amide bonds. The minimum absolute atomic E-state index is 0.0203. The van der Waals surface area contributed by atoms with Crippen molar-refractivity contribution in [3.63, 3.8) is 0 Å². The van der Waals surface area contributed by atoms with Crippen LogP contribution in [0.15, 0.2) is 30.6 Å². The van der Waals surface area contributed by atoms with Gasteiger partial charge in [0, 0.05) is 30.8 Å². The van der Waals surface area contributed by atoms with Gasteiger partial charge in [0.15, 0.2) is 5.82 Å². The molecular formula is C22H25F3N6O. The van der Waals surface area contributed by atoms with E-state index in [1.165, 1.54) is 0 Å². The number of alkyl halides is 3. The van der Waals surface area contributed by atoms with Crippen molar-refractivity contribution in [2.75, 3.05) is 18.6 Å². The third kappa shape index (κ3) is 2.88. The summed E-state index contributed by atoms with van der Waals surface area (Å²) in [6.07, 6.45) is 0.338. The molecule has 0 aromatic carbocycles. The Morgan fingerprint density at radius 3 is 2.59 bits per heavy atom. The van der Waals surface area contributed by atoms with Crippen molar-refractivity contribution in [2.45, 2.75) is 56.2 Å². The molecule has 0 spiro atoms. The molecule has 2 aliphatic carbocycles. The van der Waals surface area contributed by atoms with Crippen LogP contribution < -0.4 is 11.5 Å². The molecule has 0 aliphatic heterocycles. The van der Waals surface area contributed by atoms with Crippen LogP contribution in [0, 0.1) is 5.41 Å². The third-order valence-corrected chi connectivity index (χ3v) is 7.30. The molecule has 10 heteroatoms. The number of halogens is 3. The lowest BCUT2D eigenvalue weighted by molar-refractivity contribution is -0.167. The van der Waals surface area contributed by atoms with Gasteiger partial charge in [-0.2, -0.15) is 18.3 Å². The molecule has 3 aromatic rings. The minimum Gasteiger partial charge on any atom is -0.394 e. The number of ether oxygens (including phenoxy) is 1. The van der Waals surface area contributed by atoms with Crippen LogP contribution in [0.1, 0.15) is 61.7 Å². The molecule has 32 heavy (non-hydrogen) atoms. The molecule has 0 radical (unpaired) electrons. The zero-order valence-corrected chi connectivity index (χ0v) is 17.9. The zero-order chi connectivity index (χ0) is 22.9. The largest absolute Gasteiger partial charge is 0.395 e. The Hall–Kier alpha value is -2.88. The predicted octanol–water partition coefficient (Wildman–Crippen LogP) is 4.15. The van der Waals surface area contributed by atoms with Crippen LogP contribution in [0.2, 0.25) is 0 Å². The van der Waals surface area contributed by atoms with Gasteiger partial charge in [-0.3, -0.25) is 0 Å². The van der Waals surface area contributed by atoms with Crippen molar-refractivity contribution < 1.29 is 17.9 Å². The lowest BCUT2D eigenvalue weighted by Gasteiger charge is -2.23. The van der Waals surface area contributed by atoms with E-state index in [4.69, 9.17) is 16.2 Å². The normalized spacial score (nSPS) is 26.0. The molecule has 4 N–H and O–H groups in total. The van der Waals surface area contributed by atoms with E-state index < -0.39 is 17.0 Å². The SMILES string of the molecule is CCC(CC(OC)c1ccn2nccc2c1)c1nc(N)c(N)c(C23CC2(C(F)(F)F)C3)n1. The number of nitrogens with two attached hydrogens (primary N) is 2. The Balaban J connectivity index is 1.45. The Kier molecular flexibility index (Phi) is 4.47. The van der Waals surface area contributed by atoms with E-state index in [1.54, 1.807) is 17.8 Å². The first kappa shape index (κ1) is 21.0. The number of methoxy groups -OCH3 is 1. The number of aromatic nitrogens is 4. The lowest BCUT2D eigenvalue weighted by Crippen LogP contribution is -2.18. The van der Waals surface area contributed by atoms with Crippen molar-refractivity contribution in [3.05, 3.63) is 47.7 Å². The van der Waals surface area contributed by atoms with Crippen LogP contribution in [0.25, 0.3) is 5.52 Å². The summed E-state index contributed by atoms with van der Waals surface area (Å²) in [7, 11) is 1.63. The van der Waals surface area contributed by atoms with Gasteiger partial charge in [-0.05, 0) is 49.4 Å². The monoisotopic (exact) mass is 446 g/mol. The second kappa shape index (κ2) is 6.81. The fraction of sp³-hybridized carbons (Fsp3) is 0.500. The van der Waals surface area contributed by atoms with Crippen molar-refractivity contribution >= 4 is 17.0 Å². The molecule has 170 valence electrons. The van der Waals surface area contributed by atoms with Crippen LogP contribution in [0.5, 0.6) is 0 Å². The molecule has 2 atom stereocenters. The van der Waals surface area contributed by atoms with Gasteiger partial charge in [0.1, 0.15) is 5.82 Å². The van der Waals surface area contributed by atoms with Crippen LogP contribution >= 0.6 is 0 Å². The van der Waals surface area contributed by atoms with Crippen LogP contribution in [-0.4, -0.2) is 32.9 Å². The molecule has 0 saturated heterocycles. The van der Waals surface area contributed by atoms with Crippen molar-refractivity contribution in [2.24, 2.45) is 5.41 Å². The van der Waals surface area contributed by atoms with E-state index in [1.807, 2.05) is 31.3 Å². The van der Waals surface area contributed by atoms with Gasteiger partial charge >= 0.3 is 6.18 Å². The summed E-state index contributed by atoms with van der Waals surface area (Å²) in [6.45, 7) is 1.99. The van der Waals surface area contributed by atoms with Gasteiger partial charge in [-0.25, -0.2) is 14.5 Å². The second-order valence-electron chi connectivity index (χ2n) is 8.97. The Labute approximate surface area is 183 Å². The number of pyridine rings is 1. The van der Waals surface area contributed by atoms with E-state index in [9.17, 15) is 13.2 Å². The van der Waals surface area contributed by atoms with Gasteiger partial charge in [0.2, 0.25) is 0 Å². The van der Waals surface area contributed by atoms with E-state index in [0.29, 0.717) is 18.7 Å². The number of hydrogen-bond donors (Lipinski definition) is 2. The number of hydrogen-bond acceptors (Lipinski definition) is 6. The van der Waals surface area contributed by atoms with Gasteiger partial charge in [0.25, 0.3) is 0 Å². The predicted molar refractivity (Wildman–Crippen MR) is 113 cm³/mol. The van der Waals surface area contributed by atoms with Crippen LogP contribution in [-0.2, 0) is 10.2 Å². The van der Waals surface area contributed by atoms with Gasteiger partial charge < -0.3 is 16.2 Å². The van der Waals surface area contributed by atoms with Crippen molar-refractivity contribution in [1.29, 1.82) is 0 Å². The third-order valence-electron chi connectivity index (χ3n) is 7.30. The Bertz CT molecular complexity index is 1180. The van der Waals surface area contributed by atoms with E-state index >= 15 is 0 Å².